The molecule has 0 saturated heterocycles. The second kappa shape index (κ2) is 7.88. The molecule has 0 amide bonds. The van der Waals surface area contributed by atoms with E-state index in [-0.39, 0.29) is 18.1 Å². The van der Waals surface area contributed by atoms with E-state index in [1.54, 1.807) is 0 Å². The smallest absolute Gasteiger partial charge is 0.307 e. The summed E-state index contributed by atoms with van der Waals surface area (Å²) >= 11 is 0. The number of carbonyl (C=O) groups excluding carboxylic acids is 1. The van der Waals surface area contributed by atoms with Crippen molar-refractivity contribution in [2.75, 3.05) is 6.61 Å². The molecule has 0 spiro atoms. The molecule has 0 aromatic heterocycles. The lowest BCUT2D eigenvalue weighted by molar-refractivity contribution is -0.143. The van der Waals surface area contributed by atoms with Crippen LogP contribution in [-0.4, -0.2) is 18.6 Å². The molecule has 0 radical (unpaired) electrons. The highest BCUT2D eigenvalue weighted by Gasteiger charge is 2.15. The van der Waals surface area contributed by atoms with E-state index in [1.807, 2.05) is 25.1 Å². The zero-order valence-corrected chi connectivity index (χ0v) is 11.5. The number of rotatable bonds is 7. The first-order valence-electron chi connectivity index (χ1n) is 6.64. The maximum absolute atomic E-state index is 11.5. The van der Waals surface area contributed by atoms with Crippen molar-refractivity contribution in [2.45, 2.75) is 45.7 Å². The third-order valence-electron chi connectivity index (χ3n) is 3.00. The second-order valence-corrected chi connectivity index (χ2v) is 4.41. The minimum Gasteiger partial charge on any atom is -0.466 e. The summed E-state index contributed by atoms with van der Waals surface area (Å²) in [6.45, 7) is 6.47. The molecule has 0 aliphatic rings. The highest BCUT2D eigenvalue weighted by molar-refractivity contribution is 5.70. The van der Waals surface area contributed by atoms with Crippen molar-refractivity contribution >= 4 is 5.97 Å². The van der Waals surface area contributed by atoms with E-state index in [1.165, 1.54) is 5.56 Å². The Morgan fingerprint density at radius 1 is 1.28 bits per heavy atom. The van der Waals surface area contributed by atoms with Crippen molar-refractivity contribution in [3.8, 4) is 0 Å². The van der Waals surface area contributed by atoms with Gasteiger partial charge in [-0.1, -0.05) is 37.3 Å². The zero-order chi connectivity index (χ0) is 13.4. The molecule has 18 heavy (non-hydrogen) atoms. The summed E-state index contributed by atoms with van der Waals surface area (Å²) in [6, 6.07) is 10.7. The Morgan fingerprint density at radius 2 is 1.94 bits per heavy atom. The monoisotopic (exact) mass is 249 g/mol. The number of hydrogen-bond acceptors (Lipinski definition) is 3. The van der Waals surface area contributed by atoms with Gasteiger partial charge in [-0.05, 0) is 25.8 Å². The number of esters is 1. The van der Waals surface area contributed by atoms with E-state index < -0.39 is 0 Å². The van der Waals surface area contributed by atoms with Gasteiger partial charge in [0.15, 0.2) is 0 Å². The number of ether oxygens (including phenoxy) is 1. The molecule has 1 N–H and O–H groups in total. The van der Waals surface area contributed by atoms with E-state index in [0.29, 0.717) is 13.0 Å². The Morgan fingerprint density at radius 3 is 2.50 bits per heavy atom. The molecule has 0 aliphatic heterocycles. The fraction of sp³-hybridized carbons (Fsp3) is 0.533. The summed E-state index contributed by atoms with van der Waals surface area (Å²) in [7, 11) is 0. The minimum absolute atomic E-state index is 0.128. The van der Waals surface area contributed by atoms with Crippen molar-refractivity contribution in [3.05, 3.63) is 35.9 Å². The van der Waals surface area contributed by atoms with Gasteiger partial charge in [-0.25, -0.2) is 0 Å². The molecule has 3 heteroatoms. The van der Waals surface area contributed by atoms with Gasteiger partial charge in [-0.15, -0.1) is 0 Å². The molecule has 1 aromatic carbocycles. The van der Waals surface area contributed by atoms with Crippen LogP contribution in [0.2, 0.25) is 0 Å². The Kier molecular flexibility index (Phi) is 6.44. The molecule has 100 valence electrons. The van der Waals surface area contributed by atoms with E-state index in [0.717, 1.165) is 6.42 Å². The fourth-order valence-electron chi connectivity index (χ4n) is 1.93. The highest BCUT2D eigenvalue weighted by atomic mass is 16.5. The van der Waals surface area contributed by atoms with E-state index in [4.69, 9.17) is 4.74 Å². The molecule has 1 rings (SSSR count). The van der Waals surface area contributed by atoms with Crippen LogP contribution >= 0.6 is 0 Å². The van der Waals surface area contributed by atoms with Crippen LogP contribution in [0, 0.1) is 0 Å². The Balaban J connectivity index is 2.50. The van der Waals surface area contributed by atoms with Crippen LogP contribution in [0.15, 0.2) is 30.3 Å². The summed E-state index contributed by atoms with van der Waals surface area (Å²) < 4.78 is 4.98. The fourth-order valence-corrected chi connectivity index (χ4v) is 1.93. The third kappa shape index (κ3) is 4.88. The number of carbonyl (C=O) groups is 1. The molecule has 0 heterocycles. The Hall–Kier alpha value is -1.35. The summed E-state index contributed by atoms with van der Waals surface area (Å²) in [5.74, 6) is -0.128. The van der Waals surface area contributed by atoms with Crippen LogP contribution in [0.25, 0.3) is 0 Å². The normalized spacial score (nSPS) is 13.9. The van der Waals surface area contributed by atoms with Gasteiger partial charge < -0.3 is 10.1 Å². The average Bonchev–Trinajstić information content (AvgIpc) is 2.39. The summed E-state index contributed by atoms with van der Waals surface area (Å²) in [4.78, 5) is 11.5. The molecule has 0 fully saturated rings. The summed E-state index contributed by atoms with van der Waals surface area (Å²) in [5.41, 5.74) is 1.24. The lowest BCUT2D eigenvalue weighted by Gasteiger charge is -2.22. The molecule has 0 saturated carbocycles. The van der Waals surface area contributed by atoms with Crippen LogP contribution in [0.3, 0.4) is 0 Å². The van der Waals surface area contributed by atoms with E-state index in [9.17, 15) is 4.79 Å². The largest absolute Gasteiger partial charge is 0.466 e. The van der Waals surface area contributed by atoms with Crippen molar-refractivity contribution < 1.29 is 9.53 Å². The van der Waals surface area contributed by atoms with Crippen LogP contribution < -0.4 is 5.32 Å². The number of benzene rings is 1. The standard InChI is InChI=1S/C15H23NO2/c1-4-14(11-15(17)18-5-2)16-12(3)13-9-7-6-8-10-13/h6-10,12,14,16H,4-5,11H2,1-3H3/t12-,14?/m1/s1. The van der Waals surface area contributed by atoms with Crippen LogP contribution in [0.5, 0.6) is 0 Å². The summed E-state index contributed by atoms with van der Waals surface area (Å²) in [5, 5.41) is 3.47. The predicted octanol–water partition coefficient (Wildman–Crippen LogP) is 3.07. The minimum atomic E-state index is -0.128. The molecule has 1 unspecified atom stereocenters. The topological polar surface area (TPSA) is 38.3 Å². The van der Waals surface area contributed by atoms with Crippen LogP contribution in [0.4, 0.5) is 0 Å². The van der Waals surface area contributed by atoms with Gasteiger partial charge in [0.05, 0.1) is 13.0 Å². The first-order chi connectivity index (χ1) is 8.67. The third-order valence-corrected chi connectivity index (χ3v) is 3.00. The molecular formula is C15H23NO2. The van der Waals surface area contributed by atoms with Gasteiger partial charge >= 0.3 is 5.97 Å². The molecular weight excluding hydrogens is 226 g/mol. The first-order valence-corrected chi connectivity index (χ1v) is 6.64. The SMILES string of the molecule is CCOC(=O)CC(CC)N[C@H](C)c1ccccc1. The predicted molar refractivity (Wildman–Crippen MR) is 73.3 cm³/mol. The first kappa shape index (κ1) is 14.7. The summed E-state index contributed by atoms with van der Waals surface area (Å²) in [6.07, 6.45) is 1.34. The number of nitrogens with one attached hydrogen (secondary N) is 1. The van der Waals surface area contributed by atoms with Gasteiger partial charge in [0.1, 0.15) is 0 Å². The van der Waals surface area contributed by atoms with Crippen LogP contribution in [0.1, 0.15) is 45.2 Å². The van der Waals surface area contributed by atoms with Crippen molar-refractivity contribution in [1.29, 1.82) is 0 Å². The van der Waals surface area contributed by atoms with Gasteiger partial charge in [0.2, 0.25) is 0 Å². The van der Waals surface area contributed by atoms with Crippen molar-refractivity contribution in [1.82, 2.24) is 5.32 Å². The van der Waals surface area contributed by atoms with E-state index >= 15 is 0 Å². The van der Waals surface area contributed by atoms with Crippen LogP contribution in [-0.2, 0) is 9.53 Å². The van der Waals surface area contributed by atoms with Gasteiger partial charge in [0, 0.05) is 12.1 Å². The van der Waals surface area contributed by atoms with Crippen molar-refractivity contribution in [2.24, 2.45) is 0 Å². The maximum atomic E-state index is 11.5. The highest BCUT2D eigenvalue weighted by Crippen LogP contribution is 2.14. The average molecular weight is 249 g/mol. The van der Waals surface area contributed by atoms with Gasteiger partial charge in [0.25, 0.3) is 0 Å². The lowest BCUT2D eigenvalue weighted by atomic mass is 10.1. The molecule has 1 aromatic rings. The quantitative estimate of drug-likeness (QED) is 0.755. The Bertz CT molecular complexity index is 351. The number of hydrogen-bond donors (Lipinski definition) is 1. The lowest BCUT2D eigenvalue weighted by Crippen LogP contribution is -2.33. The van der Waals surface area contributed by atoms with Crippen molar-refractivity contribution in [3.63, 3.8) is 0 Å². The molecule has 3 nitrogen and oxygen atoms in total. The second-order valence-electron chi connectivity index (χ2n) is 4.41. The van der Waals surface area contributed by atoms with E-state index in [2.05, 4.69) is 31.3 Å². The zero-order valence-electron chi connectivity index (χ0n) is 11.5. The van der Waals surface area contributed by atoms with Gasteiger partial charge in [-0.3, -0.25) is 4.79 Å². The van der Waals surface area contributed by atoms with Gasteiger partial charge in [-0.2, -0.15) is 0 Å². The molecule has 2 atom stereocenters. The maximum Gasteiger partial charge on any atom is 0.307 e. The Labute approximate surface area is 110 Å². The molecule has 0 bridgehead atoms. The molecule has 0 aliphatic carbocycles.